The normalized spacial score (nSPS) is 16.6. The molecule has 0 spiro atoms. The summed E-state index contributed by atoms with van der Waals surface area (Å²) in [6.07, 6.45) is 0. The lowest BCUT2D eigenvalue weighted by molar-refractivity contribution is -0.145. The summed E-state index contributed by atoms with van der Waals surface area (Å²) in [6, 6.07) is 6.54. The third-order valence-electron chi connectivity index (χ3n) is 3.56. The molecule has 1 atom stereocenters. The number of carbonyl (C=O) groups is 2. The summed E-state index contributed by atoms with van der Waals surface area (Å²) < 4.78 is 15.3. The van der Waals surface area contributed by atoms with Crippen LogP contribution in [0.25, 0.3) is 0 Å². The third-order valence-corrected chi connectivity index (χ3v) is 3.78. The third kappa shape index (κ3) is 4.48. The fourth-order valence-electron chi connectivity index (χ4n) is 2.50. The van der Waals surface area contributed by atoms with Crippen molar-refractivity contribution in [3.05, 3.63) is 41.1 Å². The van der Waals surface area contributed by atoms with Crippen LogP contribution in [-0.2, 0) is 19.1 Å². The molecule has 0 bridgehead atoms. The lowest BCUT2D eigenvalue weighted by atomic mass is 9.95. The van der Waals surface area contributed by atoms with Gasteiger partial charge in [0.15, 0.2) is 11.7 Å². The standard InChI is InChI=1S/C17H20N2O5S/c1-4-23-13(20)9-24-12-8-6-5-7-11(12)15-14(16(21)22-3)10(2)18-17(25)19-15/h5-8,15H,4,9H2,1-3H3,(H2,18,19,25)/t15-/m0/s1. The second kappa shape index (κ2) is 8.48. The summed E-state index contributed by atoms with van der Waals surface area (Å²) in [6.45, 7) is 3.52. The molecule has 134 valence electrons. The Hall–Kier alpha value is -2.61. The first-order valence-corrected chi connectivity index (χ1v) is 8.12. The summed E-state index contributed by atoms with van der Waals surface area (Å²) in [4.78, 5) is 23.8. The van der Waals surface area contributed by atoms with Gasteiger partial charge in [0.05, 0.1) is 25.3 Å². The zero-order valence-electron chi connectivity index (χ0n) is 14.3. The van der Waals surface area contributed by atoms with E-state index in [0.29, 0.717) is 27.7 Å². The number of carbonyl (C=O) groups excluding carboxylic acids is 2. The number of nitrogens with one attached hydrogen (secondary N) is 2. The zero-order valence-corrected chi connectivity index (χ0v) is 15.1. The van der Waals surface area contributed by atoms with Crippen molar-refractivity contribution >= 4 is 29.3 Å². The molecule has 0 fully saturated rings. The topological polar surface area (TPSA) is 85.9 Å². The molecular formula is C17H20N2O5S. The van der Waals surface area contributed by atoms with Gasteiger partial charge in [-0.15, -0.1) is 0 Å². The Balaban J connectivity index is 2.35. The van der Waals surface area contributed by atoms with E-state index in [1.807, 2.05) is 6.07 Å². The van der Waals surface area contributed by atoms with E-state index >= 15 is 0 Å². The van der Waals surface area contributed by atoms with Crippen molar-refractivity contribution in [3.63, 3.8) is 0 Å². The number of esters is 2. The lowest BCUT2D eigenvalue weighted by Gasteiger charge is -2.30. The molecule has 0 amide bonds. The van der Waals surface area contributed by atoms with Crippen LogP contribution in [0.2, 0.25) is 0 Å². The Morgan fingerprint density at radius 3 is 2.68 bits per heavy atom. The van der Waals surface area contributed by atoms with E-state index in [-0.39, 0.29) is 13.2 Å². The van der Waals surface area contributed by atoms with E-state index in [1.165, 1.54) is 7.11 Å². The van der Waals surface area contributed by atoms with Gasteiger partial charge in [-0.05, 0) is 32.1 Å². The van der Waals surface area contributed by atoms with Crippen molar-refractivity contribution in [2.75, 3.05) is 20.3 Å². The largest absolute Gasteiger partial charge is 0.482 e. The SMILES string of the molecule is CCOC(=O)COc1ccccc1[C@@H]1NC(=S)NC(C)=C1C(=O)OC. The van der Waals surface area contributed by atoms with Gasteiger partial charge in [0.25, 0.3) is 0 Å². The fraction of sp³-hybridized carbons (Fsp3) is 0.353. The molecule has 2 N–H and O–H groups in total. The number of allylic oxidation sites excluding steroid dienone is 1. The highest BCUT2D eigenvalue weighted by Gasteiger charge is 2.32. The van der Waals surface area contributed by atoms with Crippen LogP contribution in [-0.4, -0.2) is 37.4 Å². The van der Waals surface area contributed by atoms with E-state index in [4.69, 9.17) is 26.4 Å². The predicted molar refractivity (Wildman–Crippen MR) is 94.9 cm³/mol. The highest BCUT2D eigenvalue weighted by Crippen LogP contribution is 2.33. The average Bonchev–Trinajstić information content (AvgIpc) is 2.59. The number of ether oxygens (including phenoxy) is 3. The highest BCUT2D eigenvalue weighted by molar-refractivity contribution is 7.80. The number of para-hydroxylation sites is 1. The van der Waals surface area contributed by atoms with Gasteiger partial charge in [0, 0.05) is 11.3 Å². The highest BCUT2D eigenvalue weighted by atomic mass is 32.1. The maximum Gasteiger partial charge on any atom is 0.344 e. The quantitative estimate of drug-likeness (QED) is 0.581. The Bertz CT molecular complexity index is 717. The number of rotatable bonds is 6. The van der Waals surface area contributed by atoms with Gasteiger partial charge in [-0.3, -0.25) is 0 Å². The fourth-order valence-corrected chi connectivity index (χ4v) is 2.77. The lowest BCUT2D eigenvalue weighted by Crippen LogP contribution is -2.45. The average molecular weight is 364 g/mol. The van der Waals surface area contributed by atoms with Crippen LogP contribution in [0, 0.1) is 0 Å². The smallest absolute Gasteiger partial charge is 0.344 e. The van der Waals surface area contributed by atoms with Crippen molar-refractivity contribution in [1.29, 1.82) is 0 Å². The molecule has 0 unspecified atom stereocenters. The van der Waals surface area contributed by atoms with Gasteiger partial charge >= 0.3 is 11.9 Å². The van der Waals surface area contributed by atoms with Gasteiger partial charge in [-0.2, -0.15) is 0 Å². The number of hydrogen-bond acceptors (Lipinski definition) is 6. The van der Waals surface area contributed by atoms with Crippen molar-refractivity contribution in [1.82, 2.24) is 10.6 Å². The minimum absolute atomic E-state index is 0.226. The predicted octanol–water partition coefficient (Wildman–Crippen LogP) is 1.59. The Kier molecular flexibility index (Phi) is 6.35. The van der Waals surface area contributed by atoms with Crippen LogP contribution in [0.5, 0.6) is 5.75 Å². The summed E-state index contributed by atoms with van der Waals surface area (Å²) in [7, 11) is 1.32. The summed E-state index contributed by atoms with van der Waals surface area (Å²) >= 11 is 5.20. The van der Waals surface area contributed by atoms with Crippen LogP contribution in [0.3, 0.4) is 0 Å². The molecule has 0 saturated heterocycles. The molecule has 8 heteroatoms. The minimum Gasteiger partial charge on any atom is -0.482 e. The molecule has 1 aliphatic heterocycles. The van der Waals surface area contributed by atoms with E-state index < -0.39 is 18.0 Å². The molecule has 1 heterocycles. The van der Waals surface area contributed by atoms with Crippen LogP contribution in [0.15, 0.2) is 35.5 Å². The first-order chi connectivity index (χ1) is 12.0. The molecule has 0 aromatic heterocycles. The Morgan fingerprint density at radius 1 is 1.28 bits per heavy atom. The Morgan fingerprint density at radius 2 is 2.00 bits per heavy atom. The second-order valence-corrected chi connectivity index (χ2v) is 5.60. The maximum atomic E-state index is 12.2. The first kappa shape index (κ1) is 18.7. The molecule has 1 aromatic carbocycles. The van der Waals surface area contributed by atoms with Gasteiger partial charge in [-0.25, -0.2) is 9.59 Å². The number of thiocarbonyl (C=S) groups is 1. The van der Waals surface area contributed by atoms with Gasteiger partial charge in [-0.1, -0.05) is 18.2 Å². The summed E-state index contributed by atoms with van der Waals surface area (Å²) in [5, 5.41) is 6.35. The van der Waals surface area contributed by atoms with Crippen LogP contribution in [0.4, 0.5) is 0 Å². The number of benzene rings is 1. The Labute approximate surface area is 151 Å². The zero-order chi connectivity index (χ0) is 18.4. The summed E-state index contributed by atoms with van der Waals surface area (Å²) in [5.41, 5.74) is 1.65. The number of methoxy groups -OCH3 is 1. The van der Waals surface area contributed by atoms with Crippen molar-refractivity contribution in [2.24, 2.45) is 0 Å². The second-order valence-electron chi connectivity index (χ2n) is 5.19. The van der Waals surface area contributed by atoms with Crippen LogP contribution in [0.1, 0.15) is 25.5 Å². The summed E-state index contributed by atoms with van der Waals surface area (Å²) in [5.74, 6) is -0.497. The molecular weight excluding hydrogens is 344 g/mol. The molecule has 0 aliphatic carbocycles. The van der Waals surface area contributed by atoms with Crippen molar-refractivity contribution in [2.45, 2.75) is 19.9 Å². The molecule has 0 saturated carbocycles. The number of hydrogen-bond donors (Lipinski definition) is 2. The van der Waals surface area contributed by atoms with Gasteiger partial charge in [0.2, 0.25) is 0 Å². The molecule has 1 aromatic rings. The van der Waals surface area contributed by atoms with Crippen LogP contribution < -0.4 is 15.4 Å². The first-order valence-electron chi connectivity index (χ1n) is 7.71. The van der Waals surface area contributed by atoms with E-state index in [0.717, 1.165) is 0 Å². The molecule has 2 rings (SSSR count). The maximum absolute atomic E-state index is 12.2. The van der Waals surface area contributed by atoms with Crippen molar-refractivity contribution in [3.8, 4) is 5.75 Å². The van der Waals surface area contributed by atoms with Gasteiger partial charge < -0.3 is 24.8 Å². The van der Waals surface area contributed by atoms with Crippen LogP contribution >= 0.6 is 12.2 Å². The van der Waals surface area contributed by atoms with E-state index in [1.54, 1.807) is 32.0 Å². The molecule has 7 nitrogen and oxygen atoms in total. The molecule has 0 radical (unpaired) electrons. The van der Waals surface area contributed by atoms with Crippen molar-refractivity contribution < 1.29 is 23.8 Å². The monoisotopic (exact) mass is 364 g/mol. The van der Waals surface area contributed by atoms with E-state index in [9.17, 15) is 9.59 Å². The molecule has 1 aliphatic rings. The molecule has 25 heavy (non-hydrogen) atoms. The van der Waals surface area contributed by atoms with Gasteiger partial charge in [0.1, 0.15) is 5.75 Å². The van der Waals surface area contributed by atoms with E-state index in [2.05, 4.69) is 10.6 Å². The minimum atomic E-state index is -0.556.